The van der Waals surface area contributed by atoms with Crippen LogP contribution in [0.1, 0.15) is 30.5 Å². The van der Waals surface area contributed by atoms with E-state index in [1.165, 1.54) is 24.8 Å². The average molecular weight is 398 g/mol. The highest BCUT2D eigenvalue weighted by molar-refractivity contribution is 5.32. The van der Waals surface area contributed by atoms with Crippen LogP contribution in [0.2, 0.25) is 0 Å². The van der Waals surface area contributed by atoms with Crippen LogP contribution in [-0.2, 0) is 13.1 Å². The molecule has 2 aliphatic heterocycles. The second-order valence-electron chi connectivity index (χ2n) is 8.01. The molecule has 7 nitrogen and oxygen atoms in total. The SMILES string of the molecule is COc1cccc(CN2CCN(c3nc(CN4CCCCC4)cc(=O)[nH]3)CC2)c1. The van der Waals surface area contributed by atoms with Gasteiger partial charge in [-0.2, -0.15) is 0 Å². The van der Waals surface area contributed by atoms with E-state index in [4.69, 9.17) is 9.72 Å². The first-order chi connectivity index (χ1) is 14.2. The average Bonchev–Trinajstić information content (AvgIpc) is 2.75. The number of ether oxygens (including phenoxy) is 1. The molecular weight excluding hydrogens is 366 g/mol. The third kappa shape index (κ3) is 5.36. The molecule has 2 fully saturated rings. The predicted octanol–water partition coefficient (Wildman–Crippen LogP) is 2.09. The summed E-state index contributed by atoms with van der Waals surface area (Å²) >= 11 is 0. The number of nitrogens with one attached hydrogen (secondary N) is 1. The van der Waals surface area contributed by atoms with Gasteiger partial charge in [-0.3, -0.25) is 19.6 Å². The Morgan fingerprint density at radius 1 is 0.966 bits per heavy atom. The van der Waals surface area contributed by atoms with Crippen molar-refractivity contribution < 1.29 is 4.74 Å². The van der Waals surface area contributed by atoms with E-state index in [0.29, 0.717) is 5.95 Å². The van der Waals surface area contributed by atoms with Crippen molar-refractivity contribution in [2.24, 2.45) is 0 Å². The van der Waals surface area contributed by atoms with Crippen molar-refractivity contribution in [2.75, 3.05) is 51.3 Å². The number of methoxy groups -OCH3 is 1. The van der Waals surface area contributed by atoms with E-state index in [1.54, 1.807) is 13.2 Å². The number of hydrogen-bond donors (Lipinski definition) is 1. The lowest BCUT2D eigenvalue weighted by atomic mass is 10.1. The third-order valence-electron chi connectivity index (χ3n) is 5.83. The van der Waals surface area contributed by atoms with Crippen molar-refractivity contribution in [3.8, 4) is 5.75 Å². The van der Waals surface area contributed by atoms with Gasteiger partial charge in [0, 0.05) is 45.3 Å². The van der Waals surface area contributed by atoms with Crippen molar-refractivity contribution in [3.63, 3.8) is 0 Å². The molecule has 0 aliphatic carbocycles. The highest BCUT2D eigenvalue weighted by Crippen LogP contribution is 2.17. The lowest BCUT2D eigenvalue weighted by molar-refractivity contribution is 0.218. The molecule has 2 aromatic rings. The molecule has 0 amide bonds. The molecule has 3 heterocycles. The summed E-state index contributed by atoms with van der Waals surface area (Å²) in [6.45, 7) is 7.49. The molecule has 2 aliphatic rings. The molecule has 0 unspecified atom stereocenters. The quantitative estimate of drug-likeness (QED) is 0.805. The fourth-order valence-electron chi connectivity index (χ4n) is 4.22. The maximum absolute atomic E-state index is 12.2. The van der Waals surface area contributed by atoms with Crippen molar-refractivity contribution in [2.45, 2.75) is 32.4 Å². The van der Waals surface area contributed by atoms with Gasteiger partial charge in [-0.15, -0.1) is 0 Å². The van der Waals surface area contributed by atoms with Crippen LogP contribution in [-0.4, -0.2) is 66.1 Å². The molecule has 1 aromatic carbocycles. The summed E-state index contributed by atoms with van der Waals surface area (Å²) in [5.74, 6) is 1.61. The minimum atomic E-state index is -0.0548. The molecule has 1 N–H and O–H groups in total. The smallest absolute Gasteiger partial charge is 0.252 e. The first kappa shape index (κ1) is 19.9. The van der Waals surface area contributed by atoms with Crippen LogP contribution in [0.4, 0.5) is 5.95 Å². The Hall–Kier alpha value is -2.38. The largest absolute Gasteiger partial charge is 0.497 e. The number of rotatable bonds is 6. The van der Waals surface area contributed by atoms with Gasteiger partial charge in [0.1, 0.15) is 5.75 Å². The van der Waals surface area contributed by atoms with Gasteiger partial charge in [0.2, 0.25) is 5.95 Å². The summed E-state index contributed by atoms with van der Waals surface area (Å²) in [6, 6.07) is 9.89. The van der Waals surface area contributed by atoms with Crippen molar-refractivity contribution in [1.82, 2.24) is 19.8 Å². The van der Waals surface area contributed by atoms with E-state index in [-0.39, 0.29) is 5.56 Å². The summed E-state index contributed by atoms with van der Waals surface area (Å²) < 4.78 is 5.32. The molecular formula is C22H31N5O2. The molecule has 7 heteroatoms. The van der Waals surface area contributed by atoms with Crippen LogP contribution in [0.3, 0.4) is 0 Å². The Labute approximate surface area is 172 Å². The summed E-state index contributed by atoms with van der Waals surface area (Å²) in [5.41, 5.74) is 2.08. The molecule has 29 heavy (non-hydrogen) atoms. The van der Waals surface area contributed by atoms with Gasteiger partial charge in [0.15, 0.2) is 0 Å². The van der Waals surface area contributed by atoms with Gasteiger partial charge in [0.25, 0.3) is 5.56 Å². The fourth-order valence-corrected chi connectivity index (χ4v) is 4.22. The van der Waals surface area contributed by atoms with Crippen LogP contribution >= 0.6 is 0 Å². The summed E-state index contributed by atoms with van der Waals surface area (Å²) in [6.07, 6.45) is 3.79. The summed E-state index contributed by atoms with van der Waals surface area (Å²) in [4.78, 5) is 26.9. The van der Waals surface area contributed by atoms with Crippen LogP contribution in [0.5, 0.6) is 5.75 Å². The number of H-pyrrole nitrogens is 1. The molecule has 1 aromatic heterocycles. The van der Waals surface area contributed by atoms with Gasteiger partial charge in [-0.05, 0) is 43.6 Å². The van der Waals surface area contributed by atoms with Crippen molar-refractivity contribution >= 4 is 5.95 Å². The lowest BCUT2D eigenvalue weighted by Crippen LogP contribution is -2.47. The minimum absolute atomic E-state index is 0.0548. The van der Waals surface area contributed by atoms with Gasteiger partial charge in [-0.25, -0.2) is 4.98 Å². The second-order valence-corrected chi connectivity index (χ2v) is 8.01. The number of aromatic amines is 1. The minimum Gasteiger partial charge on any atom is -0.497 e. The van der Waals surface area contributed by atoms with E-state index >= 15 is 0 Å². The first-order valence-electron chi connectivity index (χ1n) is 10.6. The zero-order valence-corrected chi connectivity index (χ0v) is 17.3. The van der Waals surface area contributed by atoms with Crippen LogP contribution < -0.4 is 15.2 Å². The highest BCUT2D eigenvalue weighted by atomic mass is 16.5. The Bertz CT molecular complexity index is 854. The maximum atomic E-state index is 12.2. The molecule has 0 spiro atoms. The number of anilines is 1. The number of nitrogens with zero attached hydrogens (tertiary/aromatic N) is 4. The monoisotopic (exact) mass is 397 g/mol. The number of benzene rings is 1. The zero-order chi connectivity index (χ0) is 20.1. The Morgan fingerprint density at radius 3 is 2.48 bits per heavy atom. The number of aromatic nitrogens is 2. The number of piperazine rings is 1. The van der Waals surface area contributed by atoms with Crippen LogP contribution in [0, 0.1) is 0 Å². The molecule has 156 valence electrons. The van der Waals surface area contributed by atoms with E-state index < -0.39 is 0 Å². The lowest BCUT2D eigenvalue weighted by Gasteiger charge is -2.35. The topological polar surface area (TPSA) is 64.7 Å². The van der Waals surface area contributed by atoms with E-state index in [2.05, 4.69) is 31.8 Å². The van der Waals surface area contributed by atoms with Gasteiger partial charge < -0.3 is 9.64 Å². The number of hydrogen-bond acceptors (Lipinski definition) is 6. The Morgan fingerprint density at radius 2 is 1.72 bits per heavy atom. The molecule has 0 radical (unpaired) electrons. The fraction of sp³-hybridized carbons (Fsp3) is 0.545. The maximum Gasteiger partial charge on any atom is 0.252 e. The van der Waals surface area contributed by atoms with E-state index in [1.807, 2.05) is 12.1 Å². The van der Waals surface area contributed by atoms with Crippen LogP contribution in [0.15, 0.2) is 35.1 Å². The summed E-state index contributed by atoms with van der Waals surface area (Å²) in [7, 11) is 1.70. The van der Waals surface area contributed by atoms with Crippen molar-refractivity contribution in [3.05, 3.63) is 51.9 Å². The van der Waals surface area contributed by atoms with Crippen molar-refractivity contribution in [1.29, 1.82) is 0 Å². The highest BCUT2D eigenvalue weighted by Gasteiger charge is 2.20. The van der Waals surface area contributed by atoms with Gasteiger partial charge in [-0.1, -0.05) is 18.6 Å². The van der Waals surface area contributed by atoms with E-state index in [0.717, 1.165) is 63.8 Å². The predicted molar refractivity (Wildman–Crippen MR) is 114 cm³/mol. The third-order valence-corrected chi connectivity index (χ3v) is 5.83. The standard InChI is InChI=1S/C22H31N5O2/c1-29-20-7-5-6-18(14-20)16-26-10-12-27(13-11-26)22-23-19(15-21(28)24-22)17-25-8-3-2-4-9-25/h5-7,14-15H,2-4,8-13,16-17H2,1H3,(H,23,24,28). The summed E-state index contributed by atoms with van der Waals surface area (Å²) in [5, 5.41) is 0. The molecule has 4 rings (SSSR count). The second kappa shape index (κ2) is 9.41. The first-order valence-corrected chi connectivity index (χ1v) is 10.6. The number of likely N-dealkylation sites (tertiary alicyclic amines) is 1. The van der Waals surface area contributed by atoms with Crippen LogP contribution in [0.25, 0.3) is 0 Å². The molecule has 0 bridgehead atoms. The van der Waals surface area contributed by atoms with Gasteiger partial charge >= 0.3 is 0 Å². The Kier molecular flexibility index (Phi) is 6.46. The van der Waals surface area contributed by atoms with E-state index in [9.17, 15) is 4.79 Å². The normalized spacial score (nSPS) is 18.7. The zero-order valence-electron chi connectivity index (χ0n) is 17.3. The van der Waals surface area contributed by atoms with Gasteiger partial charge in [0.05, 0.1) is 12.8 Å². The Balaban J connectivity index is 1.35. The molecule has 2 saturated heterocycles. The molecule has 0 saturated carbocycles. The number of piperidine rings is 1. The molecule has 0 atom stereocenters.